The number of rotatable bonds is 1. The first-order valence-electron chi connectivity index (χ1n) is 9.02. The summed E-state index contributed by atoms with van der Waals surface area (Å²) >= 11 is 0. The first-order chi connectivity index (χ1) is 12.1. The number of urea groups is 1. The fraction of sp³-hybridized carbons (Fsp3) is 0.526. The number of hydrogen-bond donors (Lipinski definition) is 2. The van der Waals surface area contributed by atoms with Crippen LogP contribution in [0.1, 0.15) is 44.1 Å². The van der Waals surface area contributed by atoms with Crippen molar-refractivity contribution in [3.05, 3.63) is 29.8 Å². The Bertz CT molecular complexity index is 750. The highest BCUT2D eigenvalue weighted by atomic mass is 16.2. The zero-order chi connectivity index (χ0) is 17.4. The minimum atomic E-state index is -0.805. The summed E-state index contributed by atoms with van der Waals surface area (Å²) in [5.74, 6) is -0.109. The summed E-state index contributed by atoms with van der Waals surface area (Å²) in [5, 5.41) is 15.5. The molecule has 1 aliphatic carbocycles. The van der Waals surface area contributed by atoms with Gasteiger partial charge in [-0.3, -0.25) is 4.79 Å². The highest BCUT2D eigenvalue weighted by molar-refractivity contribution is 6.07. The first-order valence-corrected chi connectivity index (χ1v) is 9.02. The molecule has 0 bridgehead atoms. The van der Waals surface area contributed by atoms with Crippen molar-refractivity contribution in [2.75, 3.05) is 11.9 Å². The van der Waals surface area contributed by atoms with Gasteiger partial charge in [-0.2, -0.15) is 5.26 Å². The van der Waals surface area contributed by atoms with Crippen LogP contribution in [0, 0.1) is 11.3 Å². The molecule has 0 radical (unpaired) electrons. The van der Waals surface area contributed by atoms with Crippen molar-refractivity contribution in [2.24, 2.45) is 0 Å². The number of para-hydroxylation sites is 1. The van der Waals surface area contributed by atoms with Gasteiger partial charge in [-0.15, -0.1) is 0 Å². The van der Waals surface area contributed by atoms with Gasteiger partial charge in [0.25, 0.3) is 0 Å². The van der Waals surface area contributed by atoms with Crippen molar-refractivity contribution < 1.29 is 9.59 Å². The predicted molar refractivity (Wildman–Crippen MR) is 92.9 cm³/mol. The molecule has 1 aromatic carbocycles. The van der Waals surface area contributed by atoms with E-state index in [9.17, 15) is 14.9 Å². The van der Waals surface area contributed by atoms with Crippen molar-refractivity contribution in [1.29, 1.82) is 5.26 Å². The fourth-order valence-corrected chi connectivity index (χ4v) is 4.47. The molecule has 2 atom stereocenters. The van der Waals surface area contributed by atoms with Gasteiger partial charge >= 0.3 is 6.03 Å². The number of nitriles is 1. The molecular weight excluding hydrogens is 316 g/mol. The minimum absolute atomic E-state index is 0.109. The van der Waals surface area contributed by atoms with Crippen molar-refractivity contribution in [1.82, 2.24) is 10.2 Å². The highest BCUT2D eigenvalue weighted by Gasteiger charge is 2.56. The number of nitrogens with zero attached hydrogens (tertiary/aromatic N) is 2. The molecule has 6 heteroatoms. The number of carbonyl (C=O) groups is 2. The lowest BCUT2D eigenvalue weighted by Crippen LogP contribution is -2.48. The fourth-order valence-electron chi connectivity index (χ4n) is 4.47. The Labute approximate surface area is 147 Å². The van der Waals surface area contributed by atoms with Gasteiger partial charge < -0.3 is 15.5 Å². The van der Waals surface area contributed by atoms with Crippen LogP contribution < -0.4 is 10.6 Å². The Hall–Kier alpha value is -2.55. The van der Waals surface area contributed by atoms with E-state index in [-0.39, 0.29) is 24.5 Å². The molecule has 2 heterocycles. The Balaban J connectivity index is 1.58. The lowest BCUT2D eigenvalue weighted by Gasteiger charge is -2.28. The summed E-state index contributed by atoms with van der Waals surface area (Å²) in [6.07, 6.45) is 5.82. The van der Waals surface area contributed by atoms with E-state index in [1.165, 1.54) is 6.42 Å². The number of anilines is 1. The van der Waals surface area contributed by atoms with Crippen molar-refractivity contribution in [3.63, 3.8) is 0 Å². The van der Waals surface area contributed by atoms with E-state index in [1.807, 2.05) is 24.3 Å². The van der Waals surface area contributed by atoms with E-state index in [0.717, 1.165) is 36.9 Å². The van der Waals surface area contributed by atoms with Crippen molar-refractivity contribution in [2.45, 2.75) is 56.0 Å². The first kappa shape index (κ1) is 15.9. The Morgan fingerprint density at radius 2 is 2.04 bits per heavy atom. The van der Waals surface area contributed by atoms with E-state index in [1.54, 1.807) is 4.90 Å². The monoisotopic (exact) mass is 338 g/mol. The molecule has 3 amide bonds. The third kappa shape index (κ3) is 2.55. The number of likely N-dealkylation sites (tertiary alicyclic amines) is 1. The van der Waals surface area contributed by atoms with E-state index < -0.39 is 11.5 Å². The number of hydrogen-bond acceptors (Lipinski definition) is 3. The summed E-state index contributed by atoms with van der Waals surface area (Å²) < 4.78 is 0. The average molecular weight is 338 g/mol. The smallest absolute Gasteiger partial charge is 0.318 e. The maximum atomic E-state index is 12.8. The van der Waals surface area contributed by atoms with Crippen LogP contribution in [-0.4, -0.2) is 35.5 Å². The van der Waals surface area contributed by atoms with Crippen LogP contribution >= 0.6 is 0 Å². The molecule has 0 aromatic heterocycles. The zero-order valence-electron chi connectivity index (χ0n) is 14.1. The van der Waals surface area contributed by atoms with E-state index in [0.29, 0.717) is 6.42 Å². The molecular formula is C19H22N4O2. The molecule has 1 saturated heterocycles. The average Bonchev–Trinajstić information content (AvgIpc) is 3.16. The molecule has 3 aliphatic rings. The molecule has 4 rings (SSSR count). The molecule has 6 nitrogen and oxygen atoms in total. The van der Waals surface area contributed by atoms with Crippen LogP contribution in [0.15, 0.2) is 24.3 Å². The molecule has 130 valence electrons. The van der Waals surface area contributed by atoms with Gasteiger partial charge in [0.2, 0.25) is 5.91 Å². The van der Waals surface area contributed by atoms with Crippen LogP contribution in [0.4, 0.5) is 10.5 Å². The second-order valence-electron chi connectivity index (χ2n) is 7.34. The second-order valence-corrected chi connectivity index (χ2v) is 7.34. The van der Waals surface area contributed by atoms with Crippen LogP contribution in [-0.2, 0) is 10.2 Å². The van der Waals surface area contributed by atoms with E-state index >= 15 is 0 Å². The number of amides is 3. The molecule has 25 heavy (non-hydrogen) atoms. The quantitative estimate of drug-likeness (QED) is 0.825. The van der Waals surface area contributed by atoms with Crippen LogP contribution in [0.5, 0.6) is 0 Å². The molecule has 2 aliphatic heterocycles. The Morgan fingerprint density at radius 3 is 2.80 bits per heavy atom. The normalized spacial score (nSPS) is 28.5. The maximum Gasteiger partial charge on any atom is 0.318 e. The van der Waals surface area contributed by atoms with E-state index in [2.05, 4.69) is 16.7 Å². The maximum absolute atomic E-state index is 12.8. The van der Waals surface area contributed by atoms with E-state index in [4.69, 9.17) is 0 Å². The van der Waals surface area contributed by atoms with Crippen LogP contribution in [0.3, 0.4) is 0 Å². The van der Waals surface area contributed by atoms with Crippen LogP contribution in [0.25, 0.3) is 0 Å². The third-order valence-electron chi connectivity index (χ3n) is 5.83. The number of fused-ring (bicyclic) bond motifs is 2. The van der Waals surface area contributed by atoms with Gasteiger partial charge in [-0.25, -0.2) is 4.79 Å². The Morgan fingerprint density at radius 1 is 1.28 bits per heavy atom. The molecule has 1 spiro atoms. The lowest BCUT2D eigenvalue weighted by molar-refractivity contribution is -0.120. The van der Waals surface area contributed by atoms with Crippen molar-refractivity contribution in [3.8, 4) is 6.07 Å². The van der Waals surface area contributed by atoms with Gasteiger partial charge in [0.05, 0.1) is 11.5 Å². The van der Waals surface area contributed by atoms with Gasteiger partial charge in [-0.1, -0.05) is 37.5 Å². The highest BCUT2D eigenvalue weighted by Crippen LogP contribution is 2.46. The molecule has 1 saturated carbocycles. The molecule has 1 aromatic rings. The standard InChI is InChI=1S/C19H22N4O2/c20-11-14-10-19(15-8-4-5-9-16(15)22-17(19)24)12-23(14)18(25)21-13-6-2-1-3-7-13/h4-5,8-9,13-14H,1-3,6-7,10,12H2,(H,21,25)(H,22,24)/t14-,19-/m0/s1. The molecule has 2 N–H and O–H groups in total. The number of benzene rings is 1. The van der Waals surface area contributed by atoms with Crippen molar-refractivity contribution >= 4 is 17.6 Å². The van der Waals surface area contributed by atoms with Gasteiger partial charge in [0.1, 0.15) is 6.04 Å². The number of nitrogens with one attached hydrogen (secondary N) is 2. The van der Waals surface area contributed by atoms with Gasteiger partial charge in [0, 0.05) is 24.7 Å². The summed E-state index contributed by atoms with van der Waals surface area (Å²) in [7, 11) is 0. The SMILES string of the molecule is N#C[C@@H]1C[C@@]2(CN1C(=O)NC1CCCCC1)C(=O)Nc1ccccc12. The lowest BCUT2D eigenvalue weighted by atomic mass is 9.80. The predicted octanol–water partition coefficient (Wildman–Crippen LogP) is 2.52. The van der Waals surface area contributed by atoms with Gasteiger partial charge in [0.15, 0.2) is 0 Å². The molecule has 2 fully saturated rings. The summed E-state index contributed by atoms with van der Waals surface area (Å²) in [4.78, 5) is 27.0. The second kappa shape index (κ2) is 6.07. The number of carbonyl (C=O) groups excluding carboxylic acids is 2. The Kier molecular flexibility index (Phi) is 3.87. The van der Waals surface area contributed by atoms with Gasteiger partial charge in [-0.05, 0) is 24.5 Å². The topological polar surface area (TPSA) is 85.2 Å². The summed E-state index contributed by atoms with van der Waals surface area (Å²) in [6, 6.07) is 9.17. The summed E-state index contributed by atoms with van der Waals surface area (Å²) in [6.45, 7) is 0.257. The third-order valence-corrected chi connectivity index (χ3v) is 5.83. The van der Waals surface area contributed by atoms with Crippen LogP contribution in [0.2, 0.25) is 0 Å². The zero-order valence-corrected chi connectivity index (χ0v) is 14.1. The summed E-state index contributed by atoms with van der Waals surface area (Å²) in [5.41, 5.74) is 0.882. The minimum Gasteiger partial charge on any atom is -0.335 e. The molecule has 0 unspecified atom stereocenters. The largest absolute Gasteiger partial charge is 0.335 e.